The van der Waals surface area contributed by atoms with Crippen molar-refractivity contribution in [3.63, 3.8) is 0 Å². The average Bonchev–Trinajstić information content (AvgIpc) is 0.866. The largest absolute Gasteiger partial charge is 0.394 e. The van der Waals surface area contributed by atoms with Crippen LogP contribution in [-0.4, -0.2) is 193 Å². The topological polar surface area (TPSA) is 307 Å². The van der Waals surface area contributed by atoms with Crippen LogP contribution in [0.15, 0.2) is 12.2 Å². The Hall–Kier alpha value is -1.47. The number of hydrogen-bond donors (Lipinski definition) is 12. The molecule has 19 nitrogen and oxygen atoms in total. The number of amides is 1. The quantitative estimate of drug-likeness (QED) is 0.0199. The average molecular weight is 1300 g/mol. The smallest absolute Gasteiger partial charge is 0.220 e. The first-order valence-corrected chi connectivity index (χ1v) is 37.4. The number of carbonyl (C=O) groups is 1. The van der Waals surface area contributed by atoms with Gasteiger partial charge >= 0.3 is 0 Å². The van der Waals surface area contributed by atoms with Crippen LogP contribution in [0.4, 0.5) is 0 Å². The summed E-state index contributed by atoms with van der Waals surface area (Å²) >= 11 is 0. The monoisotopic (exact) mass is 1300 g/mol. The molecule has 17 unspecified atom stereocenters. The van der Waals surface area contributed by atoms with E-state index in [4.69, 9.17) is 28.4 Å². The highest BCUT2D eigenvalue weighted by Crippen LogP contribution is 2.33. The highest BCUT2D eigenvalue weighted by molar-refractivity contribution is 5.76. The molecule has 0 aliphatic carbocycles. The number of hydrogen-bond acceptors (Lipinski definition) is 18. The molecule has 0 bridgehead atoms. The van der Waals surface area contributed by atoms with Crippen LogP contribution in [0.2, 0.25) is 0 Å². The lowest BCUT2D eigenvalue weighted by Crippen LogP contribution is -2.66. The SMILES string of the molecule is CCCCCC/C=C/C(O)C(COC1OC(CO)C(OC2OC(CO)C(OC3OC(CO)C(O)C(O)C3O)C(O)C2O)C(O)C1O)NC(=O)CCCCCCCCCCCCCCCCCCCCCCCCCCCCCCCCCCCCCCCCCC. The number of unbranched alkanes of at least 4 members (excludes halogenated alkanes) is 43. The molecular weight excluding hydrogens is 1170 g/mol. The second-order valence-corrected chi connectivity index (χ2v) is 27.1. The minimum Gasteiger partial charge on any atom is -0.394 e. The van der Waals surface area contributed by atoms with Gasteiger partial charge in [-0.15, -0.1) is 0 Å². The Labute approximate surface area is 550 Å². The van der Waals surface area contributed by atoms with Crippen LogP contribution in [0.25, 0.3) is 0 Å². The van der Waals surface area contributed by atoms with E-state index in [0.717, 1.165) is 51.4 Å². The highest BCUT2D eigenvalue weighted by atomic mass is 16.8. The van der Waals surface area contributed by atoms with Crippen LogP contribution in [-0.2, 0) is 33.2 Å². The second-order valence-electron chi connectivity index (χ2n) is 27.1. The number of nitrogens with one attached hydrogen (secondary N) is 1. The van der Waals surface area contributed by atoms with Crippen molar-refractivity contribution >= 4 is 5.91 Å². The zero-order chi connectivity index (χ0) is 66.1. The van der Waals surface area contributed by atoms with Crippen molar-refractivity contribution in [1.29, 1.82) is 0 Å². The van der Waals surface area contributed by atoms with Crippen LogP contribution >= 0.6 is 0 Å². The molecule has 1 amide bonds. The molecule has 3 rings (SSSR count). The second kappa shape index (κ2) is 54.5. The fraction of sp³-hybridized carbons (Fsp3) is 0.958. The van der Waals surface area contributed by atoms with Gasteiger partial charge in [0.2, 0.25) is 5.91 Å². The fourth-order valence-corrected chi connectivity index (χ4v) is 13.0. The summed E-state index contributed by atoms with van der Waals surface area (Å²) in [4.78, 5) is 13.3. The van der Waals surface area contributed by atoms with Crippen molar-refractivity contribution in [3.05, 3.63) is 12.2 Å². The molecule has 3 aliphatic heterocycles. The van der Waals surface area contributed by atoms with E-state index in [0.29, 0.717) is 6.42 Å². The predicted octanol–water partition coefficient (Wildman–Crippen LogP) is 10.8. The third kappa shape index (κ3) is 36.1. The summed E-state index contributed by atoms with van der Waals surface area (Å²) in [7, 11) is 0. The summed E-state index contributed by atoms with van der Waals surface area (Å²) in [6.45, 7) is 1.66. The van der Waals surface area contributed by atoms with Gasteiger partial charge in [-0.3, -0.25) is 4.79 Å². The van der Waals surface area contributed by atoms with E-state index in [1.54, 1.807) is 6.08 Å². The predicted molar refractivity (Wildman–Crippen MR) is 356 cm³/mol. The molecule has 3 aliphatic rings. The Morgan fingerprint density at radius 3 is 1.03 bits per heavy atom. The molecule has 3 saturated heterocycles. The zero-order valence-corrected chi connectivity index (χ0v) is 57.1. The van der Waals surface area contributed by atoms with Crippen LogP contribution in [0.5, 0.6) is 0 Å². The standard InChI is InChI=1S/C72H137NO18/c1-3-5-7-9-11-12-13-14-15-16-17-18-19-20-21-22-23-24-25-26-27-28-29-30-31-32-33-34-35-36-37-38-39-40-41-42-43-44-46-48-50-60(78)73-55(56(77)49-47-45-10-8-6-4-2)54-86-70-66(84)63(81)68(58(52-75)88-70)91-72-67(85)64(82)69(59(53-76)89-72)90-71-65(83)62(80)61(79)57(51-74)87-71/h47,49,55-59,61-72,74-77,79-85H,3-46,48,50-54H2,1-2H3,(H,73,78)/b49-47+. The van der Waals surface area contributed by atoms with Gasteiger partial charge < -0.3 is 89.9 Å². The van der Waals surface area contributed by atoms with Crippen molar-refractivity contribution in [3.8, 4) is 0 Å². The summed E-state index contributed by atoms with van der Waals surface area (Å²) in [6, 6.07) is -0.965. The third-order valence-electron chi connectivity index (χ3n) is 19.1. The van der Waals surface area contributed by atoms with E-state index in [-0.39, 0.29) is 18.9 Å². The molecule has 3 fully saturated rings. The lowest BCUT2D eigenvalue weighted by atomic mass is 9.96. The summed E-state index contributed by atoms with van der Waals surface area (Å²) in [6.07, 6.45) is 36.1. The van der Waals surface area contributed by atoms with E-state index in [1.807, 2.05) is 6.08 Å². The Balaban J connectivity index is 1.20. The number of ether oxygens (including phenoxy) is 6. The molecule has 0 aromatic heterocycles. The van der Waals surface area contributed by atoms with Crippen molar-refractivity contribution in [1.82, 2.24) is 5.32 Å². The normalized spacial score (nSPS) is 27.9. The third-order valence-corrected chi connectivity index (χ3v) is 19.1. The molecule has 0 aromatic rings. The van der Waals surface area contributed by atoms with Crippen molar-refractivity contribution in [2.75, 3.05) is 26.4 Å². The molecule has 0 radical (unpaired) electrons. The first-order chi connectivity index (χ1) is 44.3. The van der Waals surface area contributed by atoms with Crippen LogP contribution in [0.3, 0.4) is 0 Å². The highest BCUT2D eigenvalue weighted by Gasteiger charge is 2.53. The molecule has 91 heavy (non-hydrogen) atoms. The van der Waals surface area contributed by atoms with Gasteiger partial charge in [-0.1, -0.05) is 296 Å². The lowest BCUT2D eigenvalue weighted by Gasteiger charge is -2.48. The number of allylic oxidation sites excluding steroid dienone is 1. The van der Waals surface area contributed by atoms with Crippen molar-refractivity contribution < 1.29 is 89.4 Å². The van der Waals surface area contributed by atoms with Gasteiger partial charge in [-0.05, 0) is 19.3 Å². The summed E-state index contributed by atoms with van der Waals surface area (Å²) in [5.74, 6) is -0.275. The zero-order valence-electron chi connectivity index (χ0n) is 57.1. The number of aliphatic hydroxyl groups excluding tert-OH is 11. The molecule has 0 aromatic carbocycles. The number of aliphatic hydroxyl groups is 11. The minimum atomic E-state index is -1.97. The molecule has 19 heteroatoms. The fourth-order valence-electron chi connectivity index (χ4n) is 13.0. The van der Waals surface area contributed by atoms with Crippen LogP contribution in [0, 0.1) is 0 Å². The summed E-state index contributed by atoms with van der Waals surface area (Å²) < 4.78 is 34.2. The maximum Gasteiger partial charge on any atom is 0.220 e. The molecule has 17 atom stereocenters. The molecule has 3 heterocycles. The van der Waals surface area contributed by atoms with E-state index < -0.39 is 124 Å². The van der Waals surface area contributed by atoms with Gasteiger partial charge in [-0.25, -0.2) is 0 Å². The van der Waals surface area contributed by atoms with E-state index >= 15 is 0 Å². The van der Waals surface area contributed by atoms with Gasteiger partial charge in [0, 0.05) is 6.42 Å². The van der Waals surface area contributed by atoms with Gasteiger partial charge in [0.05, 0.1) is 38.6 Å². The summed E-state index contributed by atoms with van der Waals surface area (Å²) in [5, 5.41) is 120. The lowest BCUT2D eigenvalue weighted by molar-refractivity contribution is -0.379. The summed E-state index contributed by atoms with van der Waals surface area (Å²) in [5.41, 5.74) is 0. The maximum absolute atomic E-state index is 13.3. The maximum atomic E-state index is 13.3. The van der Waals surface area contributed by atoms with Crippen molar-refractivity contribution in [2.24, 2.45) is 0 Å². The molecule has 0 spiro atoms. The first kappa shape index (κ1) is 83.8. The van der Waals surface area contributed by atoms with Gasteiger partial charge in [0.15, 0.2) is 18.9 Å². The van der Waals surface area contributed by atoms with E-state index in [9.17, 15) is 61.0 Å². The van der Waals surface area contributed by atoms with Gasteiger partial charge in [0.25, 0.3) is 0 Å². The Kier molecular flexibility index (Phi) is 50.2. The number of rotatable bonds is 59. The molecule has 0 saturated carbocycles. The Bertz CT molecular complexity index is 1700. The minimum absolute atomic E-state index is 0.248. The number of carbonyl (C=O) groups excluding carboxylic acids is 1. The van der Waals surface area contributed by atoms with E-state index in [2.05, 4.69) is 19.2 Å². The first-order valence-electron chi connectivity index (χ1n) is 37.4. The van der Waals surface area contributed by atoms with Gasteiger partial charge in [-0.2, -0.15) is 0 Å². The van der Waals surface area contributed by atoms with Gasteiger partial charge in [0.1, 0.15) is 73.2 Å². The Morgan fingerprint density at radius 2 is 0.681 bits per heavy atom. The van der Waals surface area contributed by atoms with Crippen molar-refractivity contribution in [2.45, 2.75) is 413 Å². The van der Waals surface area contributed by atoms with Crippen LogP contribution in [0.1, 0.15) is 309 Å². The molecule has 12 N–H and O–H groups in total. The van der Waals surface area contributed by atoms with Crippen LogP contribution < -0.4 is 5.32 Å². The molecular formula is C72H137NO18. The van der Waals surface area contributed by atoms with E-state index in [1.165, 1.54) is 231 Å². The molecule has 538 valence electrons. The Morgan fingerprint density at radius 1 is 0.385 bits per heavy atom.